The van der Waals surface area contributed by atoms with Crippen LogP contribution in [-0.4, -0.2) is 10.2 Å². The van der Waals surface area contributed by atoms with Gasteiger partial charge >= 0.3 is 0 Å². The fraction of sp³-hybridized carbons (Fsp3) is 0.0667. The summed E-state index contributed by atoms with van der Waals surface area (Å²) in [5.74, 6) is -0.0939. The average Bonchev–Trinajstić information content (AvgIpc) is 2.42. The SMILES string of the molecule is S=[C]C(C(=S)c1ccccc1)c1ccccc1. The predicted molar refractivity (Wildman–Crippen MR) is 79.9 cm³/mol. The van der Waals surface area contributed by atoms with Crippen LogP contribution in [0, 0.1) is 0 Å². The van der Waals surface area contributed by atoms with E-state index in [9.17, 15) is 0 Å². The van der Waals surface area contributed by atoms with Crippen LogP contribution in [-0.2, 0) is 0 Å². The van der Waals surface area contributed by atoms with E-state index in [0.29, 0.717) is 0 Å². The minimum Gasteiger partial charge on any atom is -0.0832 e. The Balaban J connectivity index is 2.32. The maximum atomic E-state index is 5.49. The van der Waals surface area contributed by atoms with Crippen molar-refractivity contribution in [3.8, 4) is 0 Å². The van der Waals surface area contributed by atoms with Crippen LogP contribution in [0.1, 0.15) is 17.0 Å². The van der Waals surface area contributed by atoms with Crippen LogP contribution in [0.5, 0.6) is 0 Å². The van der Waals surface area contributed by atoms with Crippen molar-refractivity contribution in [1.82, 2.24) is 0 Å². The first-order valence-corrected chi connectivity index (χ1v) is 6.16. The summed E-state index contributed by atoms with van der Waals surface area (Å²) in [4.78, 5) is 0.826. The second-order valence-corrected chi connectivity index (χ2v) is 4.37. The van der Waals surface area contributed by atoms with Crippen molar-refractivity contribution in [3.05, 3.63) is 71.8 Å². The molecule has 0 aliphatic carbocycles. The smallest absolute Gasteiger partial charge is 0.0562 e. The average molecular weight is 255 g/mol. The van der Waals surface area contributed by atoms with Gasteiger partial charge in [0.05, 0.1) is 5.92 Å². The van der Waals surface area contributed by atoms with E-state index >= 15 is 0 Å². The van der Waals surface area contributed by atoms with Crippen molar-refractivity contribution in [3.63, 3.8) is 0 Å². The molecule has 2 rings (SSSR count). The van der Waals surface area contributed by atoms with Crippen LogP contribution in [0.2, 0.25) is 0 Å². The first-order chi connectivity index (χ1) is 8.33. The number of benzene rings is 2. The highest BCUT2D eigenvalue weighted by Gasteiger charge is 2.15. The van der Waals surface area contributed by atoms with E-state index in [1.165, 1.54) is 0 Å². The molecule has 0 spiro atoms. The highest BCUT2D eigenvalue weighted by Crippen LogP contribution is 2.20. The van der Waals surface area contributed by atoms with Crippen LogP contribution in [0.3, 0.4) is 0 Å². The van der Waals surface area contributed by atoms with Gasteiger partial charge in [0.15, 0.2) is 0 Å². The lowest BCUT2D eigenvalue weighted by atomic mass is 9.93. The molecule has 0 N–H and O–H groups in total. The fourth-order valence-electron chi connectivity index (χ4n) is 1.69. The molecule has 83 valence electrons. The predicted octanol–water partition coefficient (Wildman–Crippen LogP) is 4.07. The monoisotopic (exact) mass is 255 g/mol. The lowest BCUT2D eigenvalue weighted by Gasteiger charge is -2.13. The molecule has 0 fully saturated rings. The molecule has 0 saturated carbocycles. The Morgan fingerprint density at radius 3 is 1.94 bits per heavy atom. The second kappa shape index (κ2) is 5.80. The largest absolute Gasteiger partial charge is 0.0832 e. The summed E-state index contributed by atoms with van der Waals surface area (Å²) >= 11 is 10.5. The highest BCUT2D eigenvalue weighted by molar-refractivity contribution is 7.82. The van der Waals surface area contributed by atoms with E-state index in [4.69, 9.17) is 24.4 Å². The van der Waals surface area contributed by atoms with Gasteiger partial charge in [0.25, 0.3) is 0 Å². The summed E-state index contributed by atoms with van der Waals surface area (Å²) in [6, 6.07) is 20.0. The molecule has 0 aliphatic rings. The first kappa shape index (κ1) is 12.1. The van der Waals surface area contributed by atoms with E-state index < -0.39 is 0 Å². The topological polar surface area (TPSA) is 0 Å². The number of thiocarbonyl (C=S) groups is 2. The minimum atomic E-state index is -0.0939. The zero-order valence-electron chi connectivity index (χ0n) is 9.17. The normalized spacial score (nSPS) is 11.8. The molecule has 0 saturated heterocycles. The molecule has 2 heteroatoms. The Bertz CT molecular complexity index is 503. The molecule has 0 amide bonds. The fourth-order valence-corrected chi connectivity index (χ4v) is 2.35. The maximum Gasteiger partial charge on any atom is 0.0562 e. The quantitative estimate of drug-likeness (QED) is 0.597. The zero-order valence-corrected chi connectivity index (χ0v) is 10.8. The molecular formula is C15H11S2. The Morgan fingerprint density at radius 1 is 0.882 bits per heavy atom. The van der Waals surface area contributed by atoms with E-state index in [1.54, 1.807) is 0 Å². The molecular weight excluding hydrogens is 244 g/mol. The van der Waals surface area contributed by atoms with Gasteiger partial charge in [-0.05, 0) is 11.1 Å². The summed E-state index contributed by atoms with van der Waals surface area (Å²) in [6.45, 7) is 0. The van der Waals surface area contributed by atoms with Gasteiger partial charge in [-0.2, -0.15) is 0 Å². The third-order valence-electron chi connectivity index (χ3n) is 2.57. The summed E-state index contributed by atoms with van der Waals surface area (Å²) in [7, 11) is 0. The van der Waals surface area contributed by atoms with Gasteiger partial charge < -0.3 is 0 Å². The van der Waals surface area contributed by atoms with Crippen molar-refractivity contribution in [2.24, 2.45) is 0 Å². The van der Waals surface area contributed by atoms with Gasteiger partial charge in [-0.1, -0.05) is 85.1 Å². The molecule has 0 heterocycles. The number of rotatable bonds is 4. The lowest BCUT2D eigenvalue weighted by Crippen LogP contribution is -2.12. The van der Waals surface area contributed by atoms with Gasteiger partial charge in [-0.15, -0.1) is 0 Å². The van der Waals surface area contributed by atoms with Crippen LogP contribution < -0.4 is 0 Å². The highest BCUT2D eigenvalue weighted by atomic mass is 32.1. The Morgan fingerprint density at radius 2 is 1.41 bits per heavy atom. The summed E-state index contributed by atoms with van der Waals surface area (Å²) < 4.78 is 0. The molecule has 0 bridgehead atoms. The van der Waals surface area contributed by atoms with E-state index in [2.05, 4.69) is 5.37 Å². The zero-order chi connectivity index (χ0) is 12.1. The Hall–Kier alpha value is -1.38. The molecule has 0 aromatic heterocycles. The lowest BCUT2D eigenvalue weighted by molar-refractivity contribution is 1.27. The van der Waals surface area contributed by atoms with Crippen LogP contribution >= 0.6 is 24.4 Å². The minimum absolute atomic E-state index is 0.0939. The number of hydrogen-bond acceptors (Lipinski definition) is 2. The van der Waals surface area contributed by atoms with Crippen molar-refractivity contribution >= 4 is 34.7 Å². The number of hydrogen-bond donors (Lipinski definition) is 0. The first-order valence-electron chi connectivity index (χ1n) is 5.35. The Kier molecular flexibility index (Phi) is 4.13. The van der Waals surface area contributed by atoms with Gasteiger partial charge in [-0.3, -0.25) is 0 Å². The van der Waals surface area contributed by atoms with Crippen molar-refractivity contribution < 1.29 is 0 Å². The Labute approximate surface area is 112 Å². The van der Waals surface area contributed by atoms with E-state index in [1.807, 2.05) is 60.7 Å². The summed E-state index contributed by atoms with van der Waals surface area (Å²) in [5.41, 5.74) is 2.13. The van der Waals surface area contributed by atoms with Gasteiger partial charge in [-0.25, -0.2) is 0 Å². The summed E-state index contributed by atoms with van der Waals surface area (Å²) in [5, 5.41) is 2.86. The molecule has 0 aliphatic heterocycles. The van der Waals surface area contributed by atoms with Gasteiger partial charge in [0.2, 0.25) is 0 Å². The molecule has 2 aromatic carbocycles. The third-order valence-corrected chi connectivity index (χ3v) is 3.28. The van der Waals surface area contributed by atoms with Crippen molar-refractivity contribution in [1.29, 1.82) is 0 Å². The summed E-state index contributed by atoms with van der Waals surface area (Å²) in [6.07, 6.45) is 0. The van der Waals surface area contributed by atoms with Crippen LogP contribution in [0.15, 0.2) is 60.7 Å². The van der Waals surface area contributed by atoms with Gasteiger partial charge in [0.1, 0.15) is 0 Å². The van der Waals surface area contributed by atoms with Crippen molar-refractivity contribution in [2.75, 3.05) is 0 Å². The molecule has 17 heavy (non-hydrogen) atoms. The van der Waals surface area contributed by atoms with E-state index in [-0.39, 0.29) is 5.92 Å². The third kappa shape index (κ3) is 2.84. The molecule has 1 radical (unpaired) electrons. The second-order valence-electron chi connectivity index (χ2n) is 3.69. The standard InChI is InChI=1S/C15H11S2/c16-11-14(12-7-3-1-4-8-12)15(17)13-9-5-2-6-10-13/h1-10,14H. The maximum absolute atomic E-state index is 5.49. The molecule has 2 aromatic rings. The van der Waals surface area contributed by atoms with Crippen LogP contribution in [0.4, 0.5) is 0 Å². The molecule has 1 atom stereocenters. The van der Waals surface area contributed by atoms with Gasteiger partial charge in [0, 0.05) is 10.2 Å². The molecule has 0 nitrogen and oxygen atoms in total. The molecule has 1 unspecified atom stereocenters. The van der Waals surface area contributed by atoms with Crippen molar-refractivity contribution in [2.45, 2.75) is 5.92 Å². The van der Waals surface area contributed by atoms with E-state index in [0.717, 1.165) is 16.0 Å². The van der Waals surface area contributed by atoms with Crippen LogP contribution in [0.25, 0.3) is 0 Å².